The average molecular weight is 309 g/mol. The summed E-state index contributed by atoms with van der Waals surface area (Å²) in [6.07, 6.45) is 6.31. The van der Waals surface area contributed by atoms with Crippen molar-refractivity contribution in [1.29, 1.82) is 0 Å². The Morgan fingerprint density at radius 3 is 2.76 bits per heavy atom. The summed E-state index contributed by atoms with van der Waals surface area (Å²) in [5.41, 5.74) is 1.85. The lowest BCUT2D eigenvalue weighted by Gasteiger charge is -2.39. The molecule has 1 aliphatic heterocycles. The number of aromatic nitrogens is 4. The minimum absolute atomic E-state index is 0.216. The SMILES string of the molecule is Cc1cn[nH]c1C1(C)CCCN(S(=O)(=O)c2cn[nH]c2)C1. The first-order valence-corrected chi connectivity index (χ1v) is 8.37. The molecule has 114 valence electrons. The zero-order valence-corrected chi connectivity index (χ0v) is 12.9. The maximum absolute atomic E-state index is 12.6. The highest BCUT2D eigenvalue weighted by Gasteiger charge is 2.40. The molecule has 1 saturated heterocycles. The van der Waals surface area contributed by atoms with Crippen LogP contribution in [0.2, 0.25) is 0 Å². The number of nitrogens with one attached hydrogen (secondary N) is 2. The molecule has 8 heteroatoms. The lowest BCUT2D eigenvalue weighted by molar-refractivity contribution is 0.235. The summed E-state index contributed by atoms with van der Waals surface area (Å²) < 4.78 is 26.8. The topological polar surface area (TPSA) is 94.7 Å². The van der Waals surface area contributed by atoms with Gasteiger partial charge < -0.3 is 0 Å². The van der Waals surface area contributed by atoms with Crippen LogP contribution in [0, 0.1) is 6.92 Å². The molecule has 2 N–H and O–H groups in total. The lowest BCUT2D eigenvalue weighted by atomic mass is 9.78. The summed E-state index contributed by atoms with van der Waals surface area (Å²) in [5, 5.41) is 13.4. The average Bonchev–Trinajstić information content (AvgIpc) is 3.09. The van der Waals surface area contributed by atoms with Crippen LogP contribution in [0.5, 0.6) is 0 Å². The first-order chi connectivity index (χ1) is 9.93. The molecule has 0 bridgehead atoms. The third-order valence-electron chi connectivity index (χ3n) is 4.20. The number of hydrogen-bond acceptors (Lipinski definition) is 4. The zero-order chi connectivity index (χ0) is 15.1. The number of nitrogens with zero attached hydrogens (tertiary/aromatic N) is 3. The molecule has 0 amide bonds. The van der Waals surface area contributed by atoms with E-state index < -0.39 is 10.0 Å². The van der Waals surface area contributed by atoms with E-state index in [0.717, 1.165) is 24.1 Å². The Bertz CT molecular complexity index is 722. The van der Waals surface area contributed by atoms with E-state index in [1.807, 2.05) is 6.92 Å². The van der Waals surface area contributed by atoms with E-state index in [4.69, 9.17) is 0 Å². The highest BCUT2D eigenvalue weighted by molar-refractivity contribution is 7.89. The van der Waals surface area contributed by atoms with Gasteiger partial charge in [-0.1, -0.05) is 6.92 Å². The molecule has 7 nitrogen and oxygen atoms in total. The molecule has 0 saturated carbocycles. The van der Waals surface area contributed by atoms with Crippen LogP contribution in [0.25, 0.3) is 0 Å². The van der Waals surface area contributed by atoms with Crippen LogP contribution >= 0.6 is 0 Å². The standard InChI is InChI=1S/C13H19N5O2S/c1-10-6-16-17-12(10)13(2)4-3-5-18(9-13)21(19,20)11-7-14-15-8-11/h6-8H,3-5,9H2,1-2H3,(H,14,15)(H,16,17). The van der Waals surface area contributed by atoms with E-state index in [0.29, 0.717) is 13.1 Å². The van der Waals surface area contributed by atoms with E-state index in [9.17, 15) is 8.42 Å². The Morgan fingerprint density at radius 2 is 2.14 bits per heavy atom. The quantitative estimate of drug-likeness (QED) is 0.890. The predicted octanol–water partition coefficient (Wildman–Crippen LogP) is 1.18. The van der Waals surface area contributed by atoms with Crippen molar-refractivity contribution >= 4 is 10.0 Å². The Kier molecular flexibility index (Phi) is 3.37. The van der Waals surface area contributed by atoms with Crippen LogP contribution < -0.4 is 0 Å². The minimum atomic E-state index is -3.49. The van der Waals surface area contributed by atoms with Crippen molar-refractivity contribution in [3.05, 3.63) is 29.8 Å². The number of H-pyrrole nitrogens is 2. The number of piperidine rings is 1. The number of sulfonamides is 1. The second kappa shape index (κ2) is 4.96. The van der Waals surface area contributed by atoms with Crippen LogP contribution in [-0.2, 0) is 15.4 Å². The fraction of sp³-hybridized carbons (Fsp3) is 0.538. The molecule has 1 unspecified atom stereocenters. The van der Waals surface area contributed by atoms with Gasteiger partial charge in [-0.2, -0.15) is 14.5 Å². The van der Waals surface area contributed by atoms with Gasteiger partial charge in [0, 0.05) is 30.4 Å². The van der Waals surface area contributed by atoms with E-state index in [1.165, 1.54) is 12.4 Å². The minimum Gasteiger partial charge on any atom is -0.284 e. The van der Waals surface area contributed by atoms with Crippen molar-refractivity contribution < 1.29 is 8.42 Å². The molecule has 1 fully saturated rings. The van der Waals surface area contributed by atoms with Crippen LogP contribution in [0.4, 0.5) is 0 Å². The summed E-state index contributed by atoms with van der Waals surface area (Å²) in [5.74, 6) is 0. The van der Waals surface area contributed by atoms with Gasteiger partial charge in [0.05, 0.1) is 12.4 Å². The van der Waals surface area contributed by atoms with Crippen LogP contribution in [0.3, 0.4) is 0 Å². The molecule has 1 aliphatic rings. The number of aromatic amines is 2. The number of aryl methyl sites for hydroxylation is 1. The van der Waals surface area contributed by atoms with Gasteiger partial charge in [-0.05, 0) is 25.3 Å². The first-order valence-electron chi connectivity index (χ1n) is 6.93. The van der Waals surface area contributed by atoms with Gasteiger partial charge in [0.25, 0.3) is 0 Å². The summed E-state index contributed by atoms with van der Waals surface area (Å²) in [4.78, 5) is 0.216. The molecule has 21 heavy (non-hydrogen) atoms. The summed E-state index contributed by atoms with van der Waals surface area (Å²) >= 11 is 0. The van der Waals surface area contributed by atoms with Gasteiger partial charge >= 0.3 is 0 Å². The molecule has 0 radical (unpaired) electrons. The smallest absolute Gasteiger partial charge is 0.246 e. The molecule has 3 heterocycles. The maximum atomic E-state index is 12.6. The maximum Gasteiger partial charge on any atom is 0.246 e. The third kappa shape index (κ3) is 2.38. The van der Waals surface area contributed by atoms with Gasteiger partial charge in [-0.3, -0.25) is 10.2 Å². The molecule has 1 atom stereocenters. The second-order valence-electron chi connectivity index (χ2n) is 5.86. The summed E-state index contributed by atoms with van der Waals surface area (Å²) in [6, 6.07) is 0. The summed E-state index contributed by atoms with van der Waals surface area (Å²) in [6.45, 7) is 5.07. The molecule has 0 aromatic carbocycles. The molecule has 0 spiro atoms. The molecular formula is C13H19N5O2S. The monoisotopic (exact) mass is 309 g/mol. The van der Waals surface area contributed by atoms with Crippen molar-refractivity contribution in [1.82, 2.24) is 24.7 Å². The van der Waals surface area contributed by atoms with E-state index in [2.05, 4.69) is 27.3 Å². The van der Waals surface area contributed by atoms with Crippen LogP contribution in [0.15, 0.2) is 23.5 Å². The van der Waals surface area contributed by atoms with Crippen molar-refractivity contribution in [2.75, 3.05) is 13.1 Å². The molecule has 2 aromatic rings. The number of hydrogen-bond donors (Lipinski definition) is 2. The lowest BCUT2D eigenvalue weighted by Crippen LogP contribution is -2.47. The Hall–Kier alpha value is -1.67. The third-order valence-corrected chi connectivity index (χ3v) is 6.02. The second-order valence-corrected chi connectivity index (χ2v) is 7.80. The fourth-order valence-corrected chi connectivity index (χ4v) is 4.60. The summed E-state index contributed by atoms with van der Waals surface area (Å²) in [7, 11) is -3.49. The predicted molar refractivity (Wildman–Crippen MR) is 77.3 cm³/mol. The largest absolute Gasteiger partial charge is 0.284 e. The highest BCUT2D eigenvalue weighted by atomic mass is 32.2. The van der Waals surface area contributed by atoms with Crippen LogP contribution in [0.1, 0.15) is 31.0 Å². The van der Waals surface area contributed by atoms with E-state index >= 15 is 0 Å². The highest BCUT2D eigenvalue weighted by Crippen LogP contribution is 2.36. The van der Waals surface area contributed by atoms with Gasteiger partial charge in [0.2, 0.25) is 10.0 Å². The van der Waals surface area contributed by atoms with Crippen molar-refractivity contribution in [2.24, 2.45) is 0 Å². The molecular weight excluding hydrogens is 290 g/mol. The Morgan fingerprint density at radius 1 is 1.33 bits per heavy atom. The van der Waals surface area contributed by atoms with E-state index in [1.54, 1.807) is 10.5 Å². The van der Waals surface area contributed by atoms with Crippen molar-refractivity contribution in [2.45, 2.75) is 37.0 Å². The Labute approximate surface area is 123 Å². The fourth-order valence-electron chi connectivity index (χ4n) is 3.09. The zero-order valence-electron chi connectivity index (χ0n) is 12.1. The van der Waals surface area contributed by atoms with Crippen molar-refractivity contribution in [3.63, 3.8) is 0 Å². The van der Waals surface area contributed by atoms with Gasteiger partial charge in [-0.25, -0.2) is 8.42 Å². The van der Waals surface area contributed by atoms with Gasteiger partial charge in [0.1, 0.15) is 4.90 Å². The Balaban J connectivity index is 1.92. The normalized spacial score (nSPS) is 24.3. The van der Waals surface area contributed by atoms with Crippen LogP contribution in [-0.4, -0.2) is 46.2 Å². The van der Waals surface area contributed by atoms with Gasteiger partial charge in [-0.15, -0.1) is 0 Å². The molecule has 2 aromatic heterocycles. The van der Waals surface area contributed by atoms with E-state index in [-0.39, 0.29) is 10.3 Å². The molecule has 3 rings (SSSR count). The van der Waals surface area contributed by atoms with Crippen molar-refractivity contribution in [3.8, 4) is 0 Å². The molecule has 0 aliphatic carbocycles. The van der Waals surface area contributed by atoms with Gasteiger partial charge in [0.15, 0.2) is 0 Å². The first kappa shape index (κ1) is 14.3. The number of rotatable bonds is 3.